The number of likely N-dealkylation sites (N-methyl/N-ethyl adjacent to an activating group) is 1. The topological polar surface area (TPSA) is 61.0 Å². The smallest absolute Gasteiger partial charge is 0.241 e. The summed E-state index contributed by atoms with van der Waals surface area (Å²) >= 11 is 0. The number of aromatic nitrogens is 2. The van der Waals surface area contributed by atoms with Crippen LogP contribution in [0.4, 0.5) is 8.78 Å². The molecule has 1 atom stereocenters. The van der Waals surface area contributed by atoms with Gasteiger partial charge in [-0.05, 0) is 56.4 Å². The Hall–Kier alpha value is -2.80. The van der Waals surface area contributed by atoms with Gasteiger partial charge < -0.3 is 10.3 Å². The third-order valence-corrected chi connectivity index (χ3v) is 4.31. The molecular weight excluding hydrogens is 350 g/mol. The van der Waals surface area contributed by atoms with Crippen LogP contribution in [0, 0.1) is 11.6 Å². The number of carbonyl (C=O) groups is 1. The second-order valence-electron chi connectivity index (χ2n) is 6.66. The zero-order valence-electron chi connectivity index (χ0n) is 15.3. The Morgan fingerprint density at radius 3 is 2.70 bits per heavy atom. The van der Waals surface area contributed by atoms with Crippen LogP contribution in [0.5, 0.6) is 0 Å². The Bertz CT molecular complexity index is 939. The lowest BCUT2D eigenvalue weighted by Gasteiger charge is -2.23. The van der Waals surface area contributed by atoms with Gasteiger partial charge in [0, 0.05) is 13.0 Å². The molecule has 7 heteroatoms. The van der Waals surface area contributed by atoms with Gasteiger partial charge in [-0.25, -0.2) is 13.8 Å². The van der Waals surface area contributed by atoms with Crippen molar-refractivity contribution in [2.24, 2.45) is 0 Å². The molecule has 3 rings (SSSR count). The number of H-pyrrole nitrogens is 1. The lowest BCUT2D eigenvalue weighted by atomic mass is 10.0. The first kappa shape index (κ1) is 19.0. The Kier molecular flexibility index (Phi) is 5.81. The summed E-state index contributed by atoms with van der Waals surface area (Å²) < 4.78 is 26.7. The first-order chi connectivity index (χ1) is 12.9. The molecule has 0 unspecified atom stereocenters. The van der Waals surface area contributed by atoms with Crippen molar-refractivity contribution < 1.29 is 13.6 Å². The maximum atomic E-state index is 13.5. The van der Waals surface area contributed by atoms with Crippen molar-refractivity contribution in [2.45, 2.75) is 18.9 Å². The molecule has 3 aromatic rings. The summed E-state index contributed by atoms with van der Waals surface area (Å²) in [6.45, 7) is 0.462. The highest BCUT2D eigenvalue weighted by molar-refractivity contribution is 5.83. The molecule has 0 aliphatic heterocycles. The highest BCUT2D eigenvalue weighted by Crippen LogP contribution is 2.19. The average molecular weight is 372 g/mol. The van der Waals surface area contributed by atoms with Crippen LogP contribution in [0.15, 0.2) is 42.5 Å². The summed E-state index contributed by atoms with van der Waals surface area (Å²) in [6, 6.07) is 9.92. The number of amides is 1. The summed E-state index contributed by atoms with van der Waals surface area (Å²) in [5.74, 6) is -0.109. The van der Waals surface area contributed by atoms with Crippen molar-refractivity contribution in [3.8, 4) is 0 Å². The highest BCUT2D eigenvalue weighted by atomic mass is 19.1. The van der Waals surface area contributed by atoms with E-state index in [0.717, 1.165) is 5.82 Å². The number of nitrogens with one attached hydrogen (secondary N) is 2. The van der Waals surface area contributed by atoms with Gasteiger partial charge in [0.1, 0.15) is 23.5 Å². The predicted octanol–water partition coefficient (Wildman–Crippen LogP) is 3.19. The molecule has 1 heterocycles. The number of nitrogens with zero attached hydrogens (tertiary/aromatic N) is 2. The Balaban J connectivity index is 1.55. The second-order valence-corrected chi connectivity index (χ2v) is 6.66. The van der Waals surface area contributed by atoms with Crippen LogP contribution in [0.1, 0.15) is 23.9 Å². The van der Waals surface area contributed by atoms with Gasteiger partial charge in [0.2, 0.25) is 5.91 Å². The zero-order chi connectivity index (χ0) is 19.4. The van der Waals surface area contributed by atoms with Gasteiger partial charge in [0.15, 0.2) is 0 Å². The first-order valence-corrected chi connectivity index (χ1v) is 8.78. The summed E-state index contributed by atoms with van der Waals surface area (Å²) in [4.78, 5) is 21.8. The number of hydrogen-bond acceptors (Lipinski definition) is 3. The number of hydrogen-bond donors (Lipinski definition) is 2. The summed E-state index contributed by atoms with van der Waals surface area (Å²) in [5, 5.41) is 2.89. The number of aromatic amines is 1. The van der Waals surface area contributed by atoms with Crippen molar-refractivity contribution in [1.29, 1.82) is 0 Å². The predicted molar refractivity (Wildman–Crippen MR) is 100 cm³/mol. The van der Waals surface area contributed by atoms with E-state index >= 15 is 0 Å². The van der Waals surface area contributed by atoms with Crippen molar-refractivity contribution in [3.63, 3.8) is 0 Å². The normalized spacial score (nSPS) is 12.5. The van der Waals surface area contributed by atoms with Gasteiger partial charge in [0.05, 0.1) is 11.0 Å². The van der Waals surface area contributed by atoms with E-state index in [2.05, 4.69) is 15.3 Å². The molecule has 2 aromatic carbocycles. The minimum Gasteiger partial charge on any atom is -0.354 e. The van der Waals surface area contributed by atoms with Gasteiger partial charge in [-0.2, -0.15) is 0 Å². The van der Waals surface area contributed by atoms with Crippen LogP contribution in [0.25, 0.3) is 11.0 Å². The fraction of sp³-hybridized carbons (Fsp3) is 0.300. The van der Waals surface area contributed by atoms with Crippen molar-refractivity contribution >= 4 is 16.9 Å². The average Bonchev–Trinajstić information content (AvgIpc) is 3.00. The monoisotopic (exact) mass is 372 g/mol. The summed E-state index contributed by atoms with van der Waals surface area (Å²) in [6.07, 6.45) is 1.31. The number of carbonyl (C=O) groups excluding carboxylic acids is 1. The quantitative estimate of drug-likeness (QED) is 0.626. The molecule has 0 aliphatic rings. The highest BCUT2D eigenvalue weighted by Gasteiger charge is 2.22. The Morgan fingerprint density at radius 1 is 1.19 bits per heavy atom. The molecule has 2 N–H and O–H groups in total. The van der Waals surface area contributed by atoms with Gasteiger partial charge in [-0.1, -0.05) is 12.1 Å². The number of fused-ring (bicyclic) bond motifs is 1. The molecule has 0 fully saturated rings. The maximum absolute atomic E-state index is 13.5. The molecule has 142 valence electrons. The Labute approximate surface area is 156 Å². The van der Waals surface area contributed by atoms with Gasteiger partial charge >= 0.3 is 0 Å². The van der Waals surface area contributed by atoms with Gasteiger partial charge in [-0.15, -0.1) is 0 Å². The number of benzene rings is 2. The largest absolute Gasteiger partial charge is 0.354 e. The first-order valence-electron chi connectivity index (χ1n) is 8.78. The third-order valence-electron chi connectivity index (χ3n) is 4.31. The van der Waals surface area contributed by atoms with E-state index in [9.17, 15) is 13.6 Å². The molecule has 5 nitrogen and oxygen atoms in total. The van der Waals surface area contributed by atoms with Crippen LogP contribution in [-0.4, -0.2) is 41.4 Å². The molecule has 0 radical (unpaired) electrons. The van der Waals surface area contributed by atoms with E-state index in [1.54, 1.807) is 37.2 Å². The molecule has 27 heavy (non-hydrogen) atoms. The van der Waals surface area contributed by atoms with Crippen molar-refractivity contribution in [1.82, 2.24) is 20.2 Å². The fourth-order valence-electron chi connectivity index (χ4n) is 3.08. The molecule has 1 amide bonds. The second kappa shape index (κ2) is 8.26. The van der Waals surface area contributed by atoms with E-state index in [1.165, 1.54) is 24.3 Å². The van der Waals surface area contributed by atoms with Crippen LogP contribution in [0.3, 0.4) is 0 Å². The number of imidazole rings is 1. The Morgan fingerprint density at radius 2 is 1.96 bits per heavy atom. The molecule has 1 aromatic heterocycles. The van der Waals surface area contributed by atoms with Crippen LogP contribution in [0.2, 0.25) is 0 Å². The minimum absolute atomic E-state index is 0.183. The van der Waals surface area contributed by atoms with Gasteiger partial charge in [0.25, 0.3) is 0 Å². The van der Waals surface area contributed by atoms with E-state index in [1.807, 2.05) is 0 Å². The lowest BCUT2D eigenvalue weighted by Crippen LogP contribution is -2.37. The lowest BCUT2D eigenvalue weighted by molar-refractivity contribution is -0.125. The summed E-state index contributed by atoms with van der Waals surface area (Å²) in [5.41, 5.74) is 1.99. The molecule has 0 bridgehead atoms. The standard InChI is InChI=1S/C20H22F2N4O/c1-26(2)19(13-5-3-6-14(21)11-13)20(27)23-10-4-7-18-24-16-9-8-15(22)12-17(16)25-18/h3,5-6,8-9,11-12,19H,4,7,10H2,1-2H3,(H,23,27)(H,24,25)/t19-/m0/s1. The van der Waals surface area contributed by atoms with E-state index < -0.39 is 6.04 Å². The van der Waals surface area contributed by atoms with Crippen molar-refractivity contribution in [3.05, 3.63) is 65.5 Å². The van der Waals surface area contributed by atoms with E-state index in [4.69, 9.17) is 0 Å². The van der Waals surface area contributed by atoms with Crippen LogP contribution in [-0.2, 0) is 11.2 Å². The number of halogens is 2. The summed E-state index contributed by atoms with van der Waals surface area (Å²) in [7, 11) is 3.56. The van der Waals surface area contributed by atoms with Gasteiger partial charge in [-0.3, -0.25) is 9.69 Å². The van der Waals surface area contributed by atoms with Crippen LogP contribution < -0.4 is 5.32 Å². The molecule has 0 saturated heterocycles. The van der Waals surface area contributed by atoms with Crippen LogP contribution >= 0.6 is 0 Å². The number of rotatable bonds is 7. The molecule has 0 spiro atoms. The molecule has 0 saturated carbocycles. The fourth-order valence-corrected chi connectivity index (χ4v) is 3.08. The maximum Gasteiger partial charge on any atom is 0.241 e. The molecular formula is C20H22F2N4O. The third kappa shape index (κ3) is 4.68. The SMILES string of the molecule is CN(C)[C@H](C(=O)NCCCc1nc2ccc(F)cc2[nH]1)c1cccc(F)c1. The molecule has 0 aliphatic carbocycles. The zero-order valence-corrected chi connectivity index (χ0v) is 15.3. The van der Waals surface area contributed by atoms with E-state index in [0.29, 0.717) is 36.0 Å². The minimum atomic E-state index is -0.560. The van der Waals surface area contributed by atoms with E-state index in [-0.39, 0.29) is 17.5 Å². The number of aryl methyl sites for hydroxylation is 1. The van der Waals surface area contributed by atoms with Crippen molar-refractivity contribution in [2.75, 3.05) is 20.6 Å².